The molecule has 29 heavy (non-hydrogen) atoms. The highest BCUT2D eigenvalue weighted by atomic mass is 127. The lowest BCUT2D eigenvalue weighted by atomic mass is 9.71. The molecule has 4 nitrogen and oxygen atoms in total. The van der Waals surface area contributed by atoms with Gasteiger partial charge in [-0.3, -0.25) is 0 Å². The topological polar surface area (TPSA) is 44.8 Å². The summed E-state index contributed by atoms with van der Waals surface area (Å²) in [5.41, 5.74) is 0.685. The largest absolute Gasteiger partial charge is 0.490 e. The molecule has 3 fully saturated rings. The summed E-state index contributed by atoms with van der Waals surface area (Å²) in [4.78, 5) is 12.8. The van der Waals surface area contributed by atoms with Crippen LogP contribution in [-0.2, 0) is 9.53 Å². The molecule has 0 amide bonds. The first-order chi connectivity index (χ1) is 14.0. The van der Waals surface area contributed by atoms with Gasteiger partial charge < -0.3 is 14.2 Å². The van der Waals surface area contributed by atoms with Gasteiger partial charge in [0, 0.05) is 5.92 Å². The SMILES string of the molecule is C=Cc1cc(I)c(OCC(=O)OC2(CC)CC3CC2C2CCCC32)c(OCC)c1. The molecule has 5 atom stereocenters. The lowest BCUT2D eigenvalue weighted by Crippen LogP contribution is -2.45. The molecule has 0 N–H and O–H groups in total. The summed E-state index contributed by atoms with van der Waals surface area (Å²) in [6, 6.07) is 3.86. The van der Waals surface area contributed by atoms with Gasteiger partial charge in [-0.2, -0.15) is 0 Å². The minimum absolute atomic E-state index is 0.0866. The Balaban J connectivity index is 1.44. The molecule has 4 rings (SSSR count). The van der Waals surface area contributed by atoms with Crippen molar-refractivity contribution in [3.63, 3.8) is 0 Å². The van der Waals surface area contributed by atoms with Crippen molar-refractivity contribution >= 4 is 34.6 Å². The third-order valence-corrected chi connectivity index (χ3v) is 8.21. The van der Waals surface area contributed by atoms with Crippen LogP contribution in [0, 0.1) is 27.2 Å². The van der Waals surface area contributed by atoms with Gasteiger partial charge in [0.15, 0.2) is 18.1 Å². The van der Waals surface area contributed by atoms with E-state index in [0.717, 1.165) is 39.7 Å². The third kappa shape index (κ3) is 3.79. The Morgan fingerprint density at radius 2 is 2.07 bits per heavy atom. The van der Waals surface area contributed by atoms with Gasteiger partial charge in [-0.05, 0) is 97.1 Å². The van der Waals surface area contributed by atoms with Crippen molar-refractivity contribution < 1.29 is 19.0 Å². The van der Waals surface area contributed by atoms with Crippen molar-refractivity contribution in [2.24, 2.45) is 23.7 Å². The van der Waals surface area contributed by atoms with E-state index >= 15 is 0 Å². The first-order valence-corrected chi connectivity index (χ1v) is 12.0. The Labute approximate surface area is 187 Å². The van der Waals surface area contributed by atoms with Gasteiger partial charge >= 0.3 is 5.97 Å². The van der Waals surface area contributed by atoms with Crippen LogP contribution < -0.4 is 9.47 Å². The summed E-state index contributed by atoms with van der Waals surface area (Å²) in [5.74, 6) is 3.91. The predicted octanol–water partition coefficient (Wildman–Crippen LogP) is 5.86. The van der Waals surface area contributed by atoms with E-state index in [4.69, 9.17) is 14.2 Å². The number of halogens is 1. The number of benzene rings is 1. The van der Waals surface area contributed by atoms with E-state index < -0.39 is 0 Å². The number of rotatable bonds is 8. The molecule has 1 aromatic carbocycles. The number of hydrogen-bond acceptors (Lipinski definition) is 4. The Morgan fingerprint density at radius 1 is 1.28 bits per heavy atom. The van der Waals surface area contributed by atoms with Gasteiger partial charge in [0.2, 0.25) is 0 Å². The fourth-order valence-corrected chi connectivity index (χ4v) is 7.09. The number of fused-ring (bicyclic) bond motifs is 5. The monoisotopic (exact) mass is 510 g/mol. The lowest BCUT2D eigenvalue weighted by molar-refractivity contribution is -0.172. The second-order valence-corrected chi connectivity index (χ2v) is 9.88. The molecule has 3 saturated carbocycles. The number of ether oxygens (including phenoxy) is 3. The molecule has 1 aromatic rings. The van der Waals surface area contributed by atoms with Crippen LogP contribution in [-0.4, -0.2) is 24.8 Å². The maximum atomic E-state index is 12.8. The smallest absolute Gasteiger partial charge is 0.344 e. The first-order valence-electron chi connectivity index (χ1n) is 10.9. The van der Waals surface area contributed by atoms with E-state index in [9.17, 15) is 4.79 Å². The molecule has 3 aliphatic carbocycles. The average Bonchev–Trinajstić information content (AvgIpc) is 3.39. The Kier molecular flexibility index (Phi) is 6.14. The molecule has 0 radical (unpaired) electrons. The van der Waals surface area contributed by atoms with Gasteiger partial charge in [-0.25, -0.2) is 4.79 Å². The van der Waals surface area contributed by atoms with Crippen LogP contribution in [0.4, 0.5) is 0 Å². The highest BCUT2D eigenvalue weighted by Crippen LogP contribution is 2.64. The molecule has 2 bridgehead atoms. The van der Waals surface area contributed by atoms with Crippen LogP contribution in [0.2, 0.25) is 0 Å². The summed E-state index contributed by atoms with van der Waals surface area (Å²) in [7, 11) is 0. The first kappa shape index (κ1) is 21.0. The van der Waals surface area contributed by atoms with E-state index in [1.165, 1.54) is 25.7 Å². The maximum Gasteiger partial charge on any atom is 0.344 e. The molecule has 158 valence electrons. The van der Waals surface area contributed by atoms with Crippen molar-refractivity contribution in [3.05, 3.63) is 27.8 Å². The van der Waals surface area contributed by atoms with Crippen molar-refractivity contribution in [1.29, 1.82) is 0 Å². The van der Waals surface area contributed by atoms with Crippen molar-refractivity contribution in [2.75, 3.05) is 13.2 Å². The van der Waals surface area contributed by atoms with E-state index in [-0.39, 0.29) is 18.2 Å². The van der Waals surface area contributed by atoms with Gasteiger partial charge in [0.1, 0.15) is 5.60 Å². The molecule has 0 saturated heterocycles. The van der Waals surface area contributed by atoms with Gasteiger partial charge in [0.25, 0.3) is 0 Å². The van der Waals surface area contributed by atoms with Crippen LogP contribution in [0.25, 0.3) is 6.08 Å². The number of hydrogen-bond donors (Lipinski definition) is 0. The number of carbonyl (C=O) groups is 1. The second-order valence-electron chi connectivity index (χ2n) is 8.71. The highest BCUT2D eigenvalue weighted by Gasteiger charge is 2.62. The van der Waals surface area contributed by atoms with Crippen molar-refractivity contribution in [2.45, 2.75) is 58.0 Å². The summed E-state index contributed by atoms with van der Waals surface area (Å²) >= 11 is 2.21. The molecule has 5 unspecified atom stereocenters. The normalized spacial score (nSPS) is 32.1. The second kappa shape index (κ2) is 8.48. The molecular formula is C24H31IO4. The average molecular weight is 510 g/mol. The van der Waals surface area contributed by atoms with E-state index in [2.05, 4.69) is 36.1 Å². The standard InChI is InChI=1S/C24H31IO4/c1-4-15-10-20(25)23(21(11-15)27-6-3)28-14-22(26)29-24(5-2)13-16-12-19(24)18-9-7-8-17(16)18/h4,10-11,16-19H,1,5-9,12-14H2,2-3H3. The van der Waals surface area contributed by atoms with Crippen molar-refractivity contribution in [3.8, 4) is 11.5 Å². The number of carbonyl (C=O) groups excluding carboxylic acids is 1. The molecular weight excluding hydrogens is 479 g/mol. The Morgan fingerprint density at radius 3 is 2.79 bits per heavy atom. The molecule has 3 aliphatic rings. The molecule has 0 heterocycles. The molecule has 0 aliphatic heterocycles. The number of esters is 1. The van der Waals surface area contributed by atoms with Crippen LogP contribution in [0.3, 0.4) is 0 Å². The molecule has 5 heteroatoms. The summed E-state index contributed by atoms with van der Waals surface area (Å²) in [5, 5.41) is 0. The van der Waals surface area contributed by atoms with Gasteiger partial charge in [-0.15, -0.1) is 0 Å². The predicted molar refractivity (Wildman–Crippen MR) is 122 cm³/mol. The zero-order valence-electron chi connectivity index (χ0n) is 17.4. The van der Waals surface area contributed by atoms with Crippen LogP contribution in [0.5, 0.6) is 11.5 Å². The Bertz CT molecular complexity index is 791. The fourth-order valence-electron chi connectivity index (χ4n) is 6.30. The lowest BCUT2D eigenvalue weighted by Gasteiger charge is -2.41. The zero-order chi connectivity index (χ0) is 20.6. The third-order valence-electron chi connectivity index (χ3n) is 7.40. The maximum absolute atomic E-state index is 12.8. The van der Waals surface area contributed by atoms with Crippen LogP contribution in [0.1, 0.15) is 57.9 Å². The zero-order valence-corrected chi connectivity index (χ0v) is 19.6. The van der Waals surface area contributed by atoms with E-state index in [0.29, 0.717) is 24.0 Å². The summed E-state index contributed by atoms with van der Waals surface area (Å²) in [6.45, 7) is 8.36. The molecule has 0 aromatic heterocycles. The van der Waals surface area contributed by atoms with Crippen LogP contribution >= 0.6 is 22.6 Å². The summed E-state index contributed by atoms with van der Waals surface area (Å²) in [6.07, 6.45) is 9.00. The van der Waals surface area contributed by atoms with Crippen molar-refractivity contribution in [1.82, 2.24) is 0 Å². The Hall–Kier alpha value is -1.24. The van der Waals surface area contributed by atoms with E-state index in [1.807, 2.05) is 19.1 Å². The summed E-state index contributed by atoms with van der Waals surface area (Å²) < 4.78 is 18.7. The minimum Gasteiger partial charge on any atom is -0.490 e. The minimum atomic E-state index is -0.279. The van der Waals surface area contributed by atoms with Gasteiger partial charge in [-0.1, -0.05) is 26.0 Å². The molecule has 0 spiro atoms. The van der Waals surface area contributed by atoms with E-state index in [1.54, 1.807) is 6.08 Å². The quantitative estimate of drug-likeness (QED) is 0.325. The highest BCUT2D eigenvalue weighted by molar-refractivity contribution is 14.1. The van der Waals surface area contributed by atoms with Crippen LogP contribution in [0.15, 0.2) is 18.7 Å². The fraction of sp³-hybridized carbons (Fsp3) is 0.625. The van der Waals surface area contributed by atoms with Gasteiger partial charge in [0.05, 0.1) is 10.2 Å².